The zero-order chi connectivity index (χ0) is 20.5. The summed E-state index contributed by atoms with van der Waals surface area (Å²) in [5.41, 5.74) is -1.65. The third kappa shape index (κ3) is 4.18. The van der Waals surface area contributed by atoms with Gasteiger partial charge in [-0.3, -0.25) is 14.9 Å². The highest BCUT2D eigenvalue weighted by molar-refractivity contribution is 5.81. The molecule has 152 valence electrons. The Morgan fingerprint density at radius 1 is 1.25 bits per heavy atom. The van der Waals surface area contributed by atoms with Crippen LogP contribution in [0.4, 0.5) is 24.5 Å². The number of carbonyl (C=O) groups is 2. The van der Waals surface area contributed by atoms with Gasteiger partial charge in [-0.25, -0.2) is 4.79 Å². The Hall–Kier alpha value is -2.85. The molecule has 0 spiro atoms. The molecule has 2 saturated heterocycles. The molecule has 28 heavy (non-hydrogen) atoms. The van der Waals surface area contributed by atoms with E-state index in [0.29, 0.717) is 25.3 Å². The van der Waals surface area contributed by atoms with Crippen molar-refractivity contribution in [2.75, 3.05) is 24.6 Å². The van der Waals surface area contributed by atoms with Gasteiger partial charge in [0.2, 0.25) is 6.10 Å². The van der Waals surface area contributed by atoms with Crippen LogP contribution in [0.5, 0.6) is 0 Å². The van der Waals surface area contributed by atoms with Crippen molar-refractivity contribution in [1.29, 1.82) is 0 Å². The molecule has 0 N–H and O–H groups in total. The number of esters is 2. The van der Waals surface area contributed by atoms with E-state index in [2.05, 4.69) is 0 Å². The molecule has 1 atom stereocenters. The SMILES string of the molecule is O=C(O[C@H]1CCOC1=O)C1CCN(c2ccc(C(F)(F)F)cc2[N+](=O)[O-])CC1. The number of cyclic esters (lactones) is 1. The summed E-state index contributed by atoms with van der Waals surface area (Å²) in [6.07, 6.45) is -4.67. The Labute approximate surface area is 157 Å². The van der Waals surface area contributed by atoms with Gasteiger partial charge in [-0.2, -0.15) is 13.2 Å². The van der Waals surface area contributed by atoms with E-state index >= 15 is 0 Å². The lowest BCUT2D eigenvalue weighted by molar-refractivity contribution is -0.384. The van der Waals surface area contributed by atoms with Crippen molar-refractivity contribution in [2.24, 2.45) is 5.92 Å². The summed E-state index contributed by atoms with van der Waals surface area (Å²) >= 11 is 0. The van der Waals surface area contributed by atoms with Gasteiger partial charge in [0.25, 0.3) is 5.69 Å². The molecule has 8 nitrogen and oxygen atoms in total. The van der Waals surface area contributed by atoms with E-state index in [-0.39, 0.29) is 25.4 Å². The second-order valence-corrected chi connectivity index (χ2v) is 6.60. The van der Waals surface area contributed by atoms with Crippen molar-refractivity contribution in [1.82, 2.24) is 0 Å². The number of nitro groups is 1. The minimum absolute atomic E-state index is 0.0733. The molecule has 2 aliphatic rings. The standard InChI is InChI=1S/C17H17F3N2O6/c18-17(19,20)11-1-2-12(13(9-11)22(25)26)21-6-3-10(4-7-21)15(23)28-14-5-8-27-16(14)24/h1-2,9-10,14H,3-8H2/t14-/m0/s1. The Bertz CT molecular complexity index is 790. The Morgan fingerprint density at radius 3 is 2.46 bits per heavy atom. The van der Waals surface area contributed by atoms with Gasteiger partial charge in [-0.05, 0) is 25.0 Å². The number of halogens is 3. The van der Waals surface area contributed by atoms with Crippen LogP contribution in [0.15, 0.2) is 18.2 Å². The molecule has 11 heteroatoms. The molecule has 0 bridgehead atoms. The van der Waals surface area contributed by atoms with Gasteiger partial charge in [0.05, 0.1) is 23.0 Å². The van der Waals surface area contributed by atoms with Crippen molar-refractivity contribution in [3.05, 3.63) is 33.9 Å². The van der Waals surface area contributed by atoms with Crippen LogP contribution in [-0.4, -0.2) is 42.7 Å². The first-order valence-corrected chi connectivity index (χ1v) is 8.64. The summed E-state index contributed by atoms with van der Waals surface area (Å²) < 4.78 is 48.3. The quantitative estimate of drug-likeness (QED) is 0.434. The molecule has 0 saturated carbocycles. The molecule has 1 aromatic carbocycles. The summed E-state index contributed by atoms with van der Waals surface area (Å²) in [4.78, 5) is 35.5. The summed E-state index contributed by atoms with van der Waals surface area (Å²) in [5, 5.41) is 11.2. The highest BCUT2D eigenvalue weighted by atomic mass is 19.4. The maximum Gasteiger partial charge on any atom is 0.416 e. The Morgan fingerprint density at radius 2 is 1.93 bits per heavy atom. The molecule has 0 radical (unpaired) electrons. The number of rotatable bonds is 4. The van der Waals surface area contributed by atoms with Crippen molar-refractivity contribution >= 4 is 23.3 Å². The number of benzene rings is 1. The number of hydrogen-bond donors (Lipinski definition) is 0. The molecule has 0 amide bonds. The molecule has 2 aliphatic heterocycles. The lowest BCUT2D eigenvalue weighted by atomic mass is 9.96. The zero-order valence-corrected chi connectivity index (χ0v) is 14.6. The van der Waals surface area contributed by atoms with E-state index in [1.807, 2.05) is 0 Å². The predicted molar refractivity (Wildman–Crippen MR) is 88.5 cm³/mol. The average Bonchev–Trinajstić information content (AvgIpc) is 3.05. The Balaban J connectivity index is 1.66. The average molecular weight is 402 g/mol. The third-order valence-corrected chi connectivity index (χ3v) is 4.81. The topological polar surface area (TPSA) is 99.0 Å². The smallest absolute Gasteiger partial charge is 0.416 e. The molecule has 1 aromatic rings. The van der Waals surface area contributed by atoms with Crippen LogP contribution in [0, 0.1) is 16.0 Å². The van der Waals surface area contributed by atoms with Crippen molar-refractivity contribution < 1.29 is 37.2 Å². The van der Waals surface area contributed by atoms with E-state index in [1.54, 1.807) is 4.90 Å². The highest BCUT2D eigenvalue weighted by Gasteiger charge is 2.36. The molecular formula is C17H17F3N2O6. The summed E-state index contributed by atoms with van der Waals surface area (Å²) in [7, 11) is 0. The molecule has 2 heterocycles. The van der Waals surface area contributed by atoms with E-state index < -0.39 is 46.3 Å². The number of nitrogens with zero attached hydrogens (tertiary/aromatic N) is 2. The highest BCUT2D eigenvalue weighted by Crippen LogP contribution is 2.37. The molecule has 0 unspecified atom stereocenters. The van der Waals surface area contributed by atoms with E-state index in [0.717, 1.165) is 12.1 Å². The number of hydrogen-bond acceptors (Lipinski definition) is 7. The first-order chi connectivity index (χ1) is 13.2. The first-order valence-electron chi connectivity index (χ1n) is 8.64. The Kier molecular flexibility index (Phi) is 5.43. The lowest BCUT2D eigenvalue weighted by Crippen LogP contribution is -2.38. The predicted octanol–water partition coefficient (Wildman–Crippen LogP) is 2.69. The van der Waals surface area contributed by atoms with Crippen molar-refractivity contribution in [3.8, 4) is 0 Å². The second-order valence-electron chi connectivity index (χ2n) is 6.60. The van der Waals surface area contributed by atoms with Gasteiger partial charge in [-0.1, -0.05) is 0 Å². The van der Waals surface area contributed by atoms with Crippen LogP contribution in [0.25, 0.3) is 0 Å². The fourth-order valence-corrected chi connectivity index (χ4v) is 3.29. The molecule has 2 fully saturated rings. The van der Waals surface area contributed by atoms with Crippen molar-refractivity contribution in [2.45, 2.75) is 31.5 Å². The maximum absolute atomic E-state index is 12.8. The van der Waals surface area contributed by atoms with Crippen LogP contribution in [0.2, 0.25) is 0 Å². The van der Waals surface area contributed by atoms with Crippen LogP contribution in [0.1, 0.15) is 24.8 Å². The van der Waals surface area contributed by atoms with Gasteiger partial charge >= 0.3 is 18.1 Å². The van der Waals surface area contributed by atoms with Gasteiger partial charge in [0.15, 0.2) is 0 Å². The van der Waals surface area contributed by atoms with E-state index in [9.17, 15) is 32.9 Å². The molecule has 0 aromatic heterocycles. The number of alkyl halides is 3. The number of piperidine rings is 1. The molecule has 3 rings (SSSR count). The maximum atomic E-state index is 12.8. The van der Waals surface area contributed by atoms with Gasteiger partial charge in [0.1, 0.15) is 5.69 Å². The minimum atomic E-state index is -4.68. The van der Waals surface area contributed by atoms with E-state index in [1.165, 1.54) is 0 Å². The number of carbonyl (C=O) groups excluding carboxylic acids is 2. The van der Waals surface area contributed by atoms with Gasteiger partial charge in [-0.15, -0.1) is 0 Å². The minimum Gasteiger partial charge on any atom is -0.463 e. The number of nitro benzene ring substituents is 1. The number of anilines is 1. The second kappa shape index (κ2) is 7.64. The normalized spacial score (nSPS) is 20.8. The van der Waals surface area contributed by atoms with Crippen LogP contribution < -0.4 is 4.90 Å². The monoisotopic (exact) mass is 402 g/mol. The van der Waals surface area contributed by atoms with Crippen LogP contribution >= 0.6 is 0 Å². The van der Waals surface area contributed by atoms with Crippen molar-refractivity contribution in [3.63, 3.8) is 0 Å². The fourth-order valence-electron chi connectivity index (χ4n) is 3.29. The fraction of sp³-hybridized carbons (Fsp3) is 0.529. The summed E-state index contributed by atoms with van der Waals surface area (Å²) in [6.45, 7) is 0.676. The summed E-state index contributed by atoms with van der Waals surface area (Å²) in [6, 6.07) is 2.39. The largest absolute Gasteiger partial charge is 0.463 e. The van der Waals surface area contributed by atoms with Crippen LogP contribution in [-0.2, 0) is 25.2 Å². The van der Waals surface area contributed by atoms with E-state index in [4.69, 9.17) is 9.47 Å². The zero-order valence-electron chi connectivity index (χ0n) is 14.6. The van der Waals surface area contributed by atoms with Gasteiger partial charge < -0.3 is 14.4 Å². The first kappa shape index (κ1) is 19.9. The summed E-state index contributed by atoms with van der Waals surface area (Å²) in [5.74, 6) is -1.60. The third-order valence-electron chi connectivity index (χ3n) is 4.81. The number of ether oxygens (including phenoxy) is 2. The van der Waals surface area contributed by atoms with Gasteiger partial charge in [0, 0.05) is 25.6 Å². The van der Waals surface area contributed by atoms with Crippen LogP contribution in [0.3, 0.4) is 0 Å². The lowest BCUT2D eigenvalue weighted by Gasteiger charge is -2.32. The molecule has 0 aliphatic carbocycles. The molecular weight excluding hydrogens is 385 g/mol.